The molecule has 0 radical (unpaired) electrons. The molecule has 110 valence electrons. The van der Waals surface area contributed by atoms with Gasteiger partial charge in [-0.3, -0.25) is 0 Å². The van der Waals surface area contributed by atoms with Crippen molar-refractivity contribution in [2.45, 2.75) is 38.8 Å². The van der Waals surface area contributed by atoms with Crippen molar-refractivity contribution in [1.29, 1.82) is 0 Å². The monoisotopic (exact) mass is 279 g/mol. The zero-order valence-corrected chi connectivity index (χ0v) is 12.3. The van der Waals surface area contributed by atoms with E-state index in [0.29, 0.717) is 5.75 Å². The van der Waals surface area contributed by atoms with Gasteiger partial charge in [0.2, 0.25) is 0 Å². The maximum atomic E-state index is 11.8. The molecule has 1 unspecified atom stereocenters. The van der Waals surface area contributed by atoms with Crippen LogP contribution in [-0.4, -0.2) is 25.1 Å². The molecule has 1 amide bonds. The van der Waals surface area contributed by atoms with Gasteiger partial charge < -0.3 is 19.6 Å². The number of methoxy groups -OCH3 is 1. The number of alkyl carbamates (subject to hydrolysis) is 1. The molecule has 0 aliphatic rings. The number of carbonyl (C=O) groups is 2. The van der Waals surface area contributed by atoms with Crippen LogP contribution >= 0.6 is 0 Å². The number of nitrogens with one attached hydrogen (secondary N) is 1. The average molecular weight is 279 g/mol. The van der Waals surface area contributed by atoms with Crippen LogP contribution in [0.1, 0.15) is 38.8 Å². The molecule has 1 N–H and O–H groups in total. The molecule has 1 aromatic carbocycles. The number of carbonyl (C=O) groups excluding carboxylic acids is 2. The molecule has 0 aliphatic carbocycles. The van der Waals surface area contributed by atoms with E-state index in [1.807, 2.05) is 18.2 Å². The molecule has 0 aliphatic heterocycles. The molecule has 0 fully saturated rings. The number of rotatable bonds is 5. The van der Waals surface area contributed by atoms with Crippen LogP contribution < -0.4 is 10.1 Å². The molecule has 0 bridgehead atoms. The summed E-state index contributed by atoms with van der Waals surface area (Å²) in [7, 11) is 1.55. The van der Waals surface area contributed by atoms with Crippen molar-refractivity contribution >= 4 is 12.4 Å². The van der Waals surface area contributed by atoms with Crippen LogP contribution in [0.25, 0.3) is 0 Å². The van der Waals surface area contributed by atoms with Gasteiger partial charge >= 0.3 is 6.09 Å². The Bertz CT molecular complexity index is 465. The lowest BCUT2D eigenvalue weighted by molar-refractivity contribution is -0.108. The summed E-state index contributed by atoms with van der Waals surface area (Å²) in [5.74, 6) is 0.621. The van der Waals surface area contributed by atoms with Gasteiger partial charge in [0.25, 0.3) is 0 Å². The third kappa shape index (κ3) is 4.91. The number of benzene rings is 1. The minimum atomic E-state index is -0.587. The molecule has 0 heterocycles. The van der Waals surface area contributed by atoms with Crippen molar-refractivity contribution in [3.63, 3.8) is 0 Å². The van der Waals surface area contributed by atoms with Crippen LogP contribution in [0.5, 0.6) is 5.75 Å². The number of hydrogen-bond acceptors (Lipinski definition) is 4. The first-order chi connectivity index (χ1) is 9.37. The number of ether oxygens (including phenoxy) is 2. The van der Waals surface area contributed by atoms with Gasteiger partial charge in [-0.2, -0.15) is 0 Å². The summed E-state index contributed by atoms with van der Waals surface area (Å²) in [6.07, 6.45) is 0.351. The van der Waals surface area contributed by atoms with Crippen molar-refractivity contribution in [1.82, 2.24) is 5.32 Å². The summed E-state index contributed by atoms with van der Waals surface area (Å²) >= 11 is 0. The molecule has 5 nitrogen and oxygen atoms in total. The SMILES string of the molecule is COc1ccccc1C(CC=O)NC(=O)OC(C)(C)C. The zero-order valence-electron chi connectivity index (χ0n) is 12.3. The fourth-order valence-corrected chi connectivity index (χ4v) is 1.76. The second-order valence-corrected chi connectivity index (χ2v) is 5.34. The highest BCUT2D eigenvalue weighted by Crippen LogP contribution is 2.26. The predicted octanol–water partition coefficient (Wildman–Crippen LogP) is 2.85. The van der Waals surface area contributed by atoms with Gasteiger partial charge in [0, 0.05) is 12.0 Å². The van der Waals surface area contributed by atoms with Crippen molar-refractivity contribution < 1.29 is 19.1 Å². The Morgan fingerprint density at radius 3 is 2.55 bits per heavy atom. The van der Waals surface area contributed by atoms with Gasteiger partial charge in [-0.25, -0.2) is 4.79 Å². The van der Waals surface area contributed by atoms with Crippen LogP contribution in [0.4, 0.5) is 4.79 Å². The van der Waals surface area contributed by atoms with E-state index in [1.165, 1.54) is 0 Å². The van der Waals surface area contributed by atoms with Gasteiger partial charge in [0.1, 0.15) is 17.6 Å². The molecule has 0 saturated heterocycles. The standard InChI is InChI=1S/C15H21NO4/c1-15(2,3)20-14(18)16-12(9-10-17)11-7-5-6-8-13(11)19-4/h5-8,10,12H,9H2,1-4H3,(H,16,18). The first-order valence-electron chi connectivity index (χ1n) is 6.43. The average Bonchev–Trinajstić information content (AvgIpc) is 2.36. The normalized spacial score (nSPS) is 12.4. The smallest absolute Gasteiger partial charge is 0.408 e. The van der Waals surface area contributed by atoms with Crippen LogP contribution in [0.3, 0.4) is 0 Å². The summed E-state index contributed by atoms with van der Waals surface area (Å²) in [5.41, 5.74) is 0.157. The highest BCUT2D eigenvalue weighted by atomic mass is 16.6. The van der Waals surface area contributed by atoms with E-state index >= 15 is 0 Å². The topological polar surface area (TPSA) is 64.6 Å². The number of para-hydroxylation sites is 1. The van der Waals surface area contributed by atoms with E-state index < -0.39 is 17.7 Å². The van der Waals surface area contributed by atoms with Crippen molar-refractivity contribution in [3.8, 4) is 5.75 Å². The molecule has 1 rings (SSSR count). The molecular formula is C15H21NO4. The van der Waals surface area contributed by atoms with Gasteiger partial charge in [-0.1, -0.05) is 18.2 Å². The molecule has 0 aromatic heterocycles. The van der Waals surface area contributed by atoms with Crippen molar-refractivity contribution in [2.75, 3.05) is 7.11 Å². The van der Waals surface area contributed by atoms with Gasteiger partial charge in [-0.05, 0) is 26.8 Å². The van der Waals surface area contributed by atoms with Crippen molar-refractivity contribution in [3.05, 3.63) is 29.8 Å². The lowest BCUT2D eigenvalue weighted by Gasteiger charge is -2.23. The fraction of sp³-hybridized carbons (Fsp3) is 0.467. The Morgan fingerprint density at radius 2 is 2.00 bits per heavy atom. The molecule has 20 heavy (non-hydrogen) atoms. The third-order valence-corrected chi connectivity index (χ3v) is 2.54. The lowest BCUT2D eigenvalue weighted by atomic mass is 10.0. The predicted molar refractivity (Wildman–Crippen MR) is 75.8 cm³/mol. The maximum Gasteiger partial charge on any atom is 0.408 e. The van der Waals surface area contributed by atoms with Crippen LogP contribution in [0.15, 0.2) is 24.3 Å². The van der Waals surface area contributed by atoms with Gasteiger partial charge in [0.05, 0.1) is 13.2 Å². The van der Waals surface area contributed by atoms with Crippen LogP contribution in [-0.2, 0) is 9.53 Å². The Hall–Kier alpha value is -2.04. The second kappa shape index (κ2) is 6.93. The summed E-state index contributed by atoms with van der Waals surface area (Å²) in [4.78, 5) is 22.6. The third-order valence-electron chi connectivity index (χ3n) is 2.54. The Balaban J connectivity index is 2.89. The van der Waals surface area contributed by atoms with E-state index in [9.17, 15) is 9.59 Å². The molecular weight excluding hydrogens is 258 g/mol. The first-order valence-corrected chi connectivity index (χ1v) is 6.43. The Morgan fingerprint density at radius 1 is 1.35 bits per heavy atom. The summed E-state index contributed by atoms with van der Waals surface area (Å²) < 4.78 is 10.4. The van der Waals surface area contributed by atoms with E-state index in [4.69, 9.17) is 9.47 Å². The first kappa shape index (κ1) is 16.0. The molecule has 1 aromatic rings. The zero-order chi connectivity index (χ0) is 15.2. The lowest BCUT2D eigenvalue weighted by Crippen LogP contribution is -2.35. The Kier molecular flexibility index (Phi) is 5.55. The van der Waals surface area contributed by atoms with E-state index in [0.717, 1.165) is 11.8 Å². The quantitative estimate of drug-likeness (QED) is 0.842. The van der Waals surface area contributed by atoms with Crippen molar-refractivity contribution in [2.24, 2.45) is 0 Å². The summed E-state index contributed by atoms with van der Waals surface area (Å²) in [6.45, 7) is 5.35. The summed E-state index contributed by atoms with van der Waals surface area (Å²) in [5, 5.41) is 2.69. The van der Waals surface area contributed by atoms with E-state index in [-0.39, 0.29) is 6.42 Å². The second-order valence-electron chi connectivity index (χ2n) is 5.34. The van der Waals surface area contributed by atoms with Gasteiger partial charge in [0.15, 0.2) is 0 Å². The maximum absolute atomic E-state index is 11.8. The summed E-state index contributed by atoms with van der Waals surface area (Å²) in [6, 6.07) is 6.77. The Labute approximate surface area is 119 Å². The highest BCUT2D eigenvalue weighted by Gasteiger charge is 2.22. The number of amides is 1. The minimum absolute atomic E-state index is 0.152. The molecule has 0 saturated carbocycles. The van der Waals surface area contributed by atoms with Crippen LogP contribution in [0, 0.1) is 0 Å². The van der Waals surface area contributed by atoms with Crippen LogP contribution in [0.2, 0.25) is 0 Å². The molecule has 1 atom stereocenters. The van der Waals surface area contributed by atoms with E-state index in [2.05, 4.69) is 5.32 Å². The highest BCUT2D eigenvalue weighted by molar-refractivity contribution is 5.69. The number of aldehydes is 1. The molecule has 5 heteroatoms. The van der Waals surface area contributed by atoms with E-state index in [1.54, 1.807) is 33.9 Å². The fourth-order valence-electron chi connectivity index (χ4n) is 1.76. The molecule has 0 spiro atoms. The minimum Gasteiger partial charge on any atom is -0.496 e. The van der Waals surface area contributed by atoms with Gasteiger partial charge in [-0.15, -0.1) is 0 Å². The largest absolute Gasteiger partial charge is 0.496 e. The number of hydrogen-bond donors (Lipinski definition) is 1.